The molecule has 2 aromatic rings. The number of phenolic OH excluding ortho intramolecular Hbond substituents is 1. The van der Waals surface area contributed by atoms with Crippen LogP contribution < -0.4 is 15.4 Å². The lowest BCUT2D eigenvalue weighted by atomic mass is 10.0. The number of benzene rings is 2. The van der Waals surface area contributed by atoms with E-state index in [-0.39, 0.29) is 17.4 Å². The second-order valence-electron chi connectivity index (χ2n) is 6.03. The van der Waals surface area contributed by atoms with Crippen molar-refractivity contribution in [2.24, 2.45) is 10.7 Å². The molecule has 0 spiro atoms. The Balaban J connectivity index is 2.58. The first-order valence-corrected chi connectivity index (χ1v) is 8.59. The van der Waals surface area contributed by atoms with Crippen LogP contribution in [0, 0.1) is 0 Å². The van der Waals surface area contributed by atoms with Gasteiger partial charge in [-0.1, -0.05) is 31.0 Å². The van der Waals surface area contributed by atoms with Crippen molar-refractivity contribution < 1.29 is 28.1 Å². The second-order valence-corrected chi connectivity index (χ2v) is 6.25. The molecule has 154 valence electrons. The lowest BCUT2D eigenvalue weighted by molar-refractivity contribution is -0.353. The number of aliphatic imine (C=N–C) groups is 1. The summed E-state index contributed by atoms with van der Waals surface area (Å²) >= 11 is 3.92. The Morgan fingerprint density at radius 2 is 1.83 bits per heavy atom. The van der Waals surface area contributed by atoms with E-state index in [0.29, 0.717) is 11.8 Å². The molecule has 0 aliphatic rings. The van der Waals surface area contributed by atoms with Gasteiger partial charge in [-0.25, -0.2) is 9.98 Å². The molecule has 0 saturated heterocycles. The minimum atomic E-state index is -4.83. The minimum absolute atomic E-state index is 0.0549. The number of nitrogens with zero attached hydrogens (tertiary/aromatic N) is 2. The molecule has 0 heterocycles. The minimum Gasteiger partial charge on any atom is -0.503 e. The maximum absolute atomic E-state index is 13.3. The summed E-state index contributed by atoms with van der Waals surface area (Å²) in [4.78, 5) is 20.0. The molecule has 0 fully saturated rings. The molecule has 0 bridgehead atoms. The lowest BCUT2D eigenvalue weighted by Crippen LogP contribution is -2.72. The second kappa shape index (κ2) is 8.86. The number of nitrogens with one attached hydrogen (secondary N) is 2. The fraction of sp³-hybridized carbons (Fsp3) is 0.167. The average Bonchev–Trinajstić information content (AvgIpc) is 2.66. The predicted molar refractivity (Wildman–Crippen MR) is 107 cm³/mol. The smallest absolute Gasteiger partial charge is 0.417 e. The average molecular weight is 426 g/mol. The third kappa shape index (κ3) is 5.19. The number of amides is 1. The highest BCUT2D eigenvalue weighted by Crippen LogP contribution is 2.38. The third-order valence-corrected chi connectivity index (χ3v) is 3.94. The molecule has 1 amide bonds. The van der Waals surface area contributed by atoms with Gasteiger partial charge in [0.2, 0.25) is 5.84 Å². The number of carbonyl (C=O) groups is 1. The number of nitrogens with two attached hydrogens (primary N) is 1. The highest BCUT2D eigenvalue weighted by molar-refractivity contribution is 7.78. The van der Waals surface area contributed by atoms with Crippen molar-refractivity contribution in [1.82, 2.24) is 9.62 Å². The van der Waals surface area contributed by atoms with E-state index in [1.165, 1.54) is 14.1 Å². The standard InChI is InChI=1S/C18H18F3N5O2S/c1-26(2)17(28)13-11(18(19,20)21)8-9-12(14(13)27)24-15(22)16(25-29)23-10-6-4-3-5-7-10/h3-9,27,29H,1-2H3,(H2,22,24)(H,23,25)/p+1. The van der Waals surface area contributed by atoms with Crippen LogP contribution in [0.5, 0.6) is 5.75 Å². The number of carbonyl (C=O) groups excluding carboxylic acids is 1. The molecule has 0 saturated carbocycles. The van der Waals surface area contributed by atoms with E-state index in [4.69, 9.17) is 5.73 Å². The van der Waals surface area contributed by atoms with Crippen LogP contribution in [0.25, 0.3) is 0 Å². The number of hydrogen-bond acceptors (Lipinski definition) is 4. The number of phenols is 1. The Kier molecular flexibility index (Phi) is 6.75. The SMILES string of the molecule is CN(C)C(=O)c1c(C(F)(F)F)ccc([NH+]=C(N)C(=Nc2ccccc2)NS)c1O. The lowest BCUT2D eigenvalue weighted by Gasteiger charge is -2.17. The van der Waals surface area contributed by atoms with Gasteiger partial charge in [0.25, 0.3) is 5.91 Å². The molecule has 29 heavy (non-hydrogen) atoms. The summed E-state index contributed by atoms with van der Waals surface area (Å²) in [5.74, 6) is -1.98. The first kappa shape index (κ1) is 22.1. The van der Waals surface area contributed by atoms with Crippen molar-refractivity contribution in [2.45, 2.75) is 6.18 Å². The van der Waals surface area contributed by atoms with Crippen molar-refractivity contribution in [3.05, 3.63) is 53.6 Å². The number of para-hydroxylation sites is 1. The molecule has 0 unspecified atom stereocenters. The van der Waals surface area contributed by atoms with Crippen molar-refractivity contribution in [2.75, 3.05) is 14.1 Å². The quantitative estimate of drug-likeness (QED) is 0.221. The molecule has 7 nitrogen and oxygen atoms in total. The summed E-state index contributed by atoms with van der Waals surface area (Å²) in [5, 5.41) is 10.4. The number of thiol groups is 1. The summed E-state index contributed by atoms with van der Waals surface area (Å²) in [7, 11) is 2.55. The maximum Gasteiger partial charge on any atom is 0.417 e. The van der Waals surface area contributed by atoms with Crippen molar-refractivity contribution >= 4 is 41.8 Å². The van der Waals surface area contributed by atoms with Crippen molar-refractivity contribution in [1.29, 1.82) is 0 Å². The van der Waals surface area contributed by atoms with Crippen LogP contribution in [0.4, 0.5) is 24.5 Å². The number of alkyl halides is 3. The number of amidine groups is 2. The fourth-order valence-electron chi connectivity index (χ4n) is 2.35. The van der Waals surface area contributed by atoms with Crippen LogP contribution in [-0.2, 0) is 6.18 Å². The monoisotopic (exact) mass is 426 g/mol. The zero-order valence-electron chi connectivity index (χ0n) is 15.4. The Labute approximate surface area is 170 Å². The molecule has 2 rings (SSSR count). The topological polar surface area (TPSA) is 105 Å². The van der Waals surface area contributed by atoms with E-state index in [1.807, 2.05) is 0 Å². The molecule has 2 aromatic carbocycles. The zero-order chi connectivity index (χ0) is 21.8. The van der Waals surface area contributed by atoms with Gasteiger partial charge in [0, 0.05) is 14.1 Å². The van der Waals surface area contributed by atoms with Gasteiger partial charge in [-0.05, 0) is 24.3 Å². The summed E-state index contributed by atoms with van der Waals surface area (Å²) < 4.78 is 42.4. The van der Waals surface area contributed by atoms with Crippen LogP contribution in [-0.4, -0.2) is 41.7 Å². The van der Waals surface area contributed by atoms with Gasteiger partial charge < -0.3 is 14.7 Å². The number of aromatic hydroxyl groups is 1. The summed E-state index contributed by atoms with van der Waals surface area (Å²) in [6.45, 7) is 0. The highest BCUT2D eigenvalue weighted by atomic mass is 32.1. The molecule has 0 atom stereocenters. The van der Waals surface area contributed by atoms with Crippen LogP contribution in [0.15, 0.2) is 47.5 Å². The van der Waals surface area contributed by atoms with Gasteiger partial charge >= 0.3 is 12.0 Å². The number of rotatable bonds is 3. The summed E-state index contributed by atoms with van der Waals surface area (Å²) in [5.41, 5.74) is 4.11. The zero-order valence-corrected chi connectivity index (χ0v) is 16.3. The molecule has 0 aliphatic carbocycles. The van der Waals surface area contributed by atoms with Crippen molar-refractivity contribution in [3.8, 4) is 5.75 Å². The van der Waals surface area contributed by atoms with E-state index in [1.54, 1.807) is 30.3 Å². The normalized spacial score (nSPS) is 12.6. The first-order chi connectivity index (χ1) is 13.6. The molecule has 11 heteroatoms. The van der Waals surface area contributed by atoms with Gasteiger partial charge in [-0.3, -0.25) is 10.5 Å². The van der Waals surface area contributed by atoms with E-state index in [0.717, 1.165) is 11.0 Å². The third-order valence-electron chi connectivity index (χ3n) is 3.73. The van der Waals surface area contributed by atoms with Crippen molar-refractivity contribution in [3.63, 3.8) is 0 Å². The van der Waals surface area contributed by atoms with Gasteiger partial charge in [0.15, 0.2) is 11.4 Å². The molecule has 0 aliphatic heterocycles. The van der Waals surface area contributed by atoms with Crippen LogP contribution in [0.3, 0.4) is 0 Å². The van der Waals surface area contributed by atoms with E-state index < -0.39 is 29.0 Å². The van der Waals surface area contributed by atoms with Crippen LogP contribution >= 0.6 is 12.8 Å². The first-order valence-electron chi connectivity index (χ1n) is 8.14. The molecule has 0 aromatic heterocycles. The Bertz CT molecular complexity index is 960. The van der Waals surface area contributed by atoms with Gasteiger partial charge in [-0.2, -0.15) is 13.2 Å². The van der Waals surface area contributed by atoms with Gasteiger partial charge in [0.1, 0.15) is 0 Å². The molecular formula is C18H19F3N5O2S+. The Morgan fingerprint density at radius 1 is 1.21 bits per heavy atom. The predicted octanol–water partition coefficient (Wildman–Crippen LogP) is 1.35. The summed E-state index contributed by atoms with van der Waals surface area (Å²) in [6, 6.07) is 10.3. The largest absolute Gasteiger partial charge is 0.503 e. The number of hydrogen-bond donors (Lipinski definition) is 5. The fourth-order valence-corrected chi connectivity index (χ4v) is 2.52. The van der Waals surface area contributed by atoms with Gasteiger partial charge in [-0.15, -0.1) is 0 Å². The van der Waals surface area contributed by atoms with E-state index >= 15 is 0 Å². The Morgan fingerprint density at radius 3 is 2.34 bits per heavy atom. The highest BCUT2D eigenvalue weighted by Gasteiger charge is 2.38. The van der Waals surface area contributed by atoms with Crippen LogP contribution in [0.2, 0.25) is 0 Å². The maximum atomic E-state index is 13.3. The van der Waals surface area contributed by atoms with E-state index in [2.05, 4.69) is 27.5 Å². The molecular weight excluding hydrogens is 407 g/mol. The molecule has 0 radical (unpaired) electrons. The summed E-state index contributed by atoms with van der Waals surface area (Å²) in [6.07, 6.45) is -4.83. The Hall–Kier alpha value is -3.21. The number of halogens is 3. The van der Waals surface area contributed by atoms with Crippen LogP contribution in [0.1, 0.15) is 15.9 Å². The van der Waals surface area contributed by atoms with Gasteiger partial charge in [0.05, 0.1) is 16.8 Å². The van der Waals surface area contributed by atoms with E-state index in [9.17, 15) is 23.1 Å². The molecule has 5 N–H and O–H groups in total.